The van der Waals surface area contributed by atoms with Gasteiger partial charge in [0.2, 0.25) is 6.79 Å². The molecule has 1 aliphatic heterocycles. The van der Waals surface area contributed by atoms with Gasteiger partial charge in [-0.05, 0) is 72.5 Å². The Hall–Kier alpha value is -3.95. The minimum atomic E-state index is -0.829. The number of nitrogens with zero attached hydrogens (tertiary/aromatic N) is 1. The summed E-state index contributed by atoms with van der Waals surface area (Å²) in [6, 6.07) is 14.7. The molecule has 0 saturated heterocycles. The fraction of sp³-hybridized carbons (Fsp3) is 0.276. The van der Waals surface area contributed by atoms with Crippen LogP contribution in [-0.4, -0.2) is 37.5 Å². The van der Waals surface area contributed by atoms with Gasteiger partial charge in [-0.1, -0.05) is 43.1 Å². The number of hydrogen-bond acceptors (Lipinski definition) is 7. The summed E-state index contributed by atoms with van der Waals surface area (Å²) < 4.78 is 22.5. The zero-order valence-corrected chi connectivity index (χ0v) is 23.7. The molecule has 210 valence electrons. The molecule has 0 radical (unpaired) electrons. The van der Waals surface area contributed by atoms with Gasteiger partial charge in [-0.25, -0.2) is 5.43 Å². The van der Waals surface area contributed by atoms with Crippen LogP contribution in [0.15, 0.2) is 59.7 Å². The molecule has 9 nitrogen and oxygen atoms in total. The van der Waals surface area contributed by atoms with E-state index in [1.165, 1.54) is 24.4 Å². The highest BCUT2D eigenvalue weighted by atomic mass is 35.5. The van der Waals surface area contributed by atoms with Gasteiger partial charge in [0.1, 0.15) is 12.6 Å². The summed E-state index contributed by atoms with van der Waals surface area (Å²) in [7, 11) is 0. The summed E-state index contributed by atoms with van der Waals surface area (Å²) in [6.07, 6.45) is 1.49. The summed E-state index contributed by atoms with van der Waals surface area (Å²) in [5.41, 5.74) is 4.39. The maximum absolute atomic E-state index is 12.8. The zero-order valence-electron chi connectivity index (χ0n) is 22.2. The van der Waals surface area contributed by atoms with Crippen LogP contribution in [0.4, 0.5) is 0 Å². The monoisotopic (exact) mass is 585 g/mol. The Bertz CT molecular complexity index is 1410. The van der Waals surface area contributed by atoms with E-state index >= 15 is 0 Å². The van der Waals surface area contributed by atoms with Crippen molar-refractivity contribution < 1.29 is 28.5 Å². The molecular formula is C29H29Cl2N3O6. The molecule has 0 spiro atoms. The maximum atomic E-state index is 12.8. The molecule has 2 N–H and O–H groups in total. The molecule has 4 rings (SSSR count). The van der Waals surface area contributed by atoms with Crippen LogP contribution in [0.2, 0.25) is 10.0 Å². The first-order valence-corrected chi connectivity index (χ1v) is 13.4. The van der Waals surface area contributed by atoms with Gasteiger partial charge in [0, 0.05) is 5.56 Å². The fourth-order valence-electron chi connectivity index (χ4n) is 3.82. The van der Waals surface area contributed by atoms with Crippen molar-refractivity contribution in [2.75, 3.05) is 13.4 Å². The first kappa shape index (κ1) is 29.0. The van der Waals surface area contributed by atoms with Crippen LogP contribution < -0.4 is 29.7 Å². The van der Waals surface area contributed by atoms with Crippen molar-refractivity contribution in [3.63, 3.8) is 0 Å². The van der Waals surface area contributed by atoms with Crippen molar-refractivity contribution in [1.29, 1.82) is 0 Å². The van der Waals surface area contributed by atoms with Crippen LogP contribution in [0.1, 0.15) is 42.3 Å². The average Bonchev–Trinajstić information content (AvgIpc) is 3.40. The molecule has 1 heterocycles. The van der Waals surface area contributed by atoms with Crippen LogP contribution in [0.3, 0.4) is 0 Å². The molecule has 0 aromatic heterocycles. The number of halogens is 2. The number of amides is 2. The number of fused-ring (bicyclic) bond motifs is 1. The third-order valence-electron chi connectivity index (χ3n) is 5.90. The quantitative estimate of drug-likeness (QED) is 0.224. The Kier molecular flexibility index (Phi) is 9.74. The van der Waals surface area contributed by atoms with E-state index in [4.69, 9.17) is 42.1 Å². The first-order chi connectivity index (χ1) is 19.2. The topological polar surface area (TPSA) is 107 Å². The molecule has 1 atom stereocenters. The average molecular weight is 586 g/mol. The number of ether oxygens (including phenoxy) is 4. The van der Waals surface area contributed by atoms with Crippen LogP contribution in [0, 0.1) is 5.92 Å². The van der Waals surface area contributed by atoms with Crippen molar-refractivity contribution >= 4 is 41.2 Å². The normalized spacial score (nSPS) is 12.8. The lowest BCUT2D eigenvalue weighted by Gasteiger charge is -2.20. The molecular weight excluding hydrogens is 557 g/mol. The summed E-state index contributed by atoms with van der Waals surface area (Å²) in [4.78, 5) is 25.5. The predicted octanol–water partition coefficient (Wildman–Crippen LogP) is 5.60. The van der Waals surface area contributed by atoms with E-state index in [1.54, 1.807) is 18.2 Å². The summed E-state index contributed by atoms with van der Waals surface area (Å²) in [5.74, 6) is 1.38. The van der Waals surface area contributed by atoms with Crippen LogP contribution in [0.25, 0.3) is 0 Å². The number of rotatable bonds is 11. The summed E-state index contributed by atoms with van der Waals surface area (Å²) in [5, 5.41) is 7.38. The van der Waals surface area contributed by atoms with Crippen molar-refractivity contribution in [3.05, 3.63) is 81.3 Å². The molecule has 40 heavy (non-hydrogen) atoms. The van der Waals surface area contributed by atoms with E-state index < -0.39 is 17.9 Å². The van der Waals surface area contributed by atoms with Crippen LogP contribution in [0.5, 0.6) is 23.0 Å². The Morgan fingerprint density at radius 1 is 0.975 bits per heavy atom. The number of hydrogen-bond donors (Lipinski definition) is 2. The van der Waals surface area contributed by atoms with Crippen LogP contribution >= 0.6 is 23.2 Å². The molecule has 3 aromatic carbocycles. The Labute approximate surface area is 242 Å². The van der Waals surface area contributed by atoms with E-state index in [2.05, 4.69) is 15.8 Å². The number of carbonyl (C=O) groups excluding carboxylic acids is 2. The van der Waals surface area contributed by atoms with E-state index in [9.17, 15) is 9.59 Å². The second-order valence-electron chi connectivity index (χ2n) is 9.17. The highest BCUT2D eigenvalue weighted by Gasteiger charge is 2.25. The number of benzene rings is 3. The van der Waals surface area contributed by atoms with Gasteiger partial charge < -0.3 is 24.3 Å². The SMILES string of the molecule is CCOc1cc(/C=N\NC(=O)C(NC(=O)c2ccc(Cl)c(Cl)c2)C(C)C)ccc1OCc1ccc2c(c1)OCO2. The molecule has 0 saturated carbocycles. The predicted molar refractivity (Wildman–Crippen MR) is 153 cm³/mol. The standard InChI is InChI=1S/C29H29Cl2N3O6/c1-4-37-25-11-18(5-9-23(25)38-15-19-6-10-24-26(12-19)40-16-39-24)14-32-34-29(36)27(17(2)3)33-28(35)20-7-8-21(30)22(31)13-20/h5-14,17,27H,4,15-16H2,1-3H3,(H,33,35)(H,34,36)/b32-14-. The lowest BCUT2D eigenvalue weighted by molar-refractivity contribution is -0.123. The van der Waals surface area contributed by atoms with Crippen molar-refractivity contribution in [1.82, 2.24) is 10.7 Å². The van der Waals surface area contributed by atoms with Gasteiger partial charge >= 0.3 is 0 Å². The maximum Gasteiger partial charge on any atom is 0.262 e. The second-order valence-corrected chi connectivity index (χ2v) is 9.99. The Morgan fingerprint density at radius 3 is 2.52 bits per heavy atom. The minimum Gasteiger partial charge on any atom is -0.490 e. The molecule has 0 fully saturated rings. The van der Waals surface area contributed by atoms with Gasteiger partial charge in [0.05, 0.1) is 22.9 Å². The molecule has 0 bridgehead atoms. The van der Waals surface area contributed by atoms with Gasteiger partial charge in [0.15, 0.2) is 23.0 Å². The molecule has 11 heteroatoms. The summed E-state index contributed by atoms with van der Waals surface area (Å²) in [6.45, 7) is 6.47. The van der Waals surface area contributed by atoms with Gasteiger partial charge in [-0.3, -0.25) is 9.59 Å². The van der Waals surface area contributed by atoms with E-state index in [-0.39, 0.29) is 17.7 Å². The number of hydrazone groups is 1. The summed E-state index contributed by atoms with van der Waals surface area (Å²) >= 11 is 11.9. The lowest BCUT2D eigenvalue weighted by Crippen LogP contribution is -2.48. The third kappa shape index (κ3) is 7.37. The molecule has 2 amide bonds. The minimum absolute atomic E-state index is 0.201. The molecule has 1 aliphatic rings. The zero-order chi connectivity index (χ0) is 28.6. The van der Waals surface area contributed by atoms with Crippen molar-refractivity contribution in [3.8, 4) is 23.0 Å². The number of nitrogens with one attached hydrogen (secondary N) is 2. The van der Waals surface area contributed by atoms with Crippen molar-refractivity contribution in [2.45, 2.75) is 33.4 Å². The van der Waals surface area contributed by atoms with Gasteiger partial charge in [0.25, 0.3) is 11.8 Å². The highest BCUT2D eigenvalue weighted by Crippen LogP contribution is 2.34. The van der Waals surface area contributed by atoms with Crippen LogP contribution in [-0.2, 0) is 11.4 Å². The molecule has 0 aliphatic carbocycles. The highest BCUT2D eigenvalue weighted by molar-refractivity contribution is 6.42. The molecule has 3 aromatic rings. The van der Waals surface area contributed by atoms with Gasteiger partial charge in [-0.2, -0.15) is 5.10 Å². The number of carbonyl (C=O) groups is 2. The van der Waals surface area contributed by atoms with E-state index in [0.717, 1.165) is 5.56 Å². The largest absolute Gasteiger partial charge is 0.490 e. The Balaban J connectivity index is 1.37. The van der Waals surface area contributed by atoms with E-state index in [1.807, 2.05) is 39.0 Å². The van der Waals surface area contributed by atoms with Gasteiger partial charge in [-0.15, -0.1) is 0 Å². The van der Waals surface area contributed by atoms with Crippen molar-refractivity contribution in [2.24, 2.45) is 11.0 Å². The second kappa shape index (κ2) is 13.4. The van der Waals surface area contributed by atoms with E-state index in [0.29, 0.717) is 52.4 Å². The first-order valence-electron chi connectivity index (χ1n) is 12.6. The third-order valence-corrected chi connectivity index (χ3v) is 6.64. The Morgan fingerprint density at radius 2 is 1.77 bits per heavy atom. The smallest absolute Gasteiger partial charge is 0.262 e. The fourth-order valence-corrected chi connectivity index (χ4v) is 4.12. The molecule has 1 unspecified atom stereocenters. The lowest BCUT2D eigenvalue weighted by atomic mass is 10.0.